The van der Waals surface area contributed by atoms with Gasteiger partial charge in [0, 0.05) is 5.41 Å². The summed E-state index contributed by atoms with van der Waals surface area (Å²) in [6, 6.07) is 0. The van der Waals surface area contributed by atoms with E-state index in [1.165, 1.54) is 103 Å². The molecule has 0 radical (unpaired) electrons. The van der Waals surface area contributed by atoms with Gasteiger partial charge in [-0.25, -0.2) is 0 Å². The van der Waals surface area contributed by atoms with Crippen LogP contribution in [0, 0.1) is 5.41 Å². The SMILES string of the molecule is CCCCCCCCCCCCCCCC[NH+](CCCl)CC(C)(C)C.[Br-]. The topological polar surface area (TPSA) is 4.44 Å². The molecule has 0 saturated heterocycles. The molecule has 0 aliphatic rings. The van der Waals surface area contributed by atoms with E-state index in [9.17, 15) is 0 Å². The molecule has 0 saturated carbocycles. The van der Waals surface area contributed by atoms with Crippen molar-refractivity contribution in [3.8, 4) is 0 Å². The van der Waals surface area contributed by atoms with Crippen molar-refractivity contribution in [3.05, 3.63) is 0 Å². The molecular formula is C23H49BrClN. The summed E-state index contributed by atoms with van der Waals surface area (Å²) in [6.07, 6.45) is 20.2. The van der Waals surface area contributed by atoms with E-state index < -0.39 is 0 Å². The zero-order chi connectivity index (χ0) is 18.8. The van der Waals surface area contributed by atoms with Crippen LogP contribution in [0.1, 0.15) is 118 Å². The predicted molar refractivity (Wildman–Crippen MR) is 116 cm³/mol. The molecule has 0 amide bonds. The Kier molecular flexibility index (Phi) is 22.8. The number of hydrogen-bond acceptors (Lipinski definition) is 0. The van der Waals surface area contributed by atoms with Crippen molar-refractivity contribution in [2.45, 2.75) is 118 Å². The van der Waals surface area contributed by atoms with Gasteiger partial charge in [-0.1, -0.05) is 105 Å². The van der Waals surface area contributed by atoms with Gasteiger partial charge in [-0.3, -0.25) is 0 Å². The summed E-state index contributed by atoms with van der Waals surface area (Å²) in [7, 11) is 0. The van der Waals surface area contributed by atoms with Gasteiger partial charge in [0.1, 0.15) is 0 Å². The molecule has 0 fully saturated rings. The van der Waals surface area contributed by atoms with Crippen molar-refractivity contribution in [1.29, 1.82) is 0 Å². The third-order valence-corrected chi connectivity index (χ3v) is 5.30. The fraction of sp³-hybridized carbons (Fsp3) is 1.00. The lowest BCUT2D eigenvalue weighted by Gasteiger charge is -2.26. The number of quaternary nitrogens is 1. The molecule has 0 bridgehead atoms. The third kappa shape index (κ3) is 22.8. The molecular weight excluding hydrogens is 406 g/mol. The number of unbranched alkanes of at least 4 members (excludes halogenated alkanes) is 13. The van der Waals surface area contributed by atoms with Gasteiger partial charge in [-0.15, -0.1) is 11.6 Å². The molecule has 160 valence electrons. The first kappa shape index (κ1) is 28.9. The summed E-state index contributed by atoms with van der Waals surface area (Å²) in [4.78, 5) is 1.70. The normalized spacial score (nSPS) is 12.8. The first-order valence-corrected chi connectivity index (χ1v) is 11.9. The Labute approximate surface area is 181 Å². The van der Waals surface area contributed by atoms with E-state index >= 15 is 0 Å². The van der Waals surface area contributed by atoms with Crippen LogP contribution < -0.4 is 21.9 Å². The van der Waals surface area contributed by atoms with Gasteiger partial charge >= 0.3 is 0 Å². The number of halogens is 2. The van der Waals surface area contributed by atoms with E-state index in [0.29, 0.717) is 5.41 Å². The average Bonchev–Trinajstić information content (AvgIpc) is 2.54. The zero-order valence-electron chi connectivity index (χ0n) is 18.5. The maximum Gasteiger partial charge on any atom is 0.0908 e. The van der Waals surface area contributed by atoms with Gasteiger partial charge in [-0.2, -0.15) is 0 Å². The van der Waals surface area contributed by atoms with Crippen LogP contribution in [0.4, 0.5) is 0 Å². The Hall–Kier alpha value is 0.730. The van der Waals surface area contributed by atoms with Crippen LogP contribution in [0.15, 0.2) is 0 Å². The average molecular weight is 455 g/mol. The van der Waals surface area contributed by atoms with Gasteiger partial charge in [0.2, 0.25) is 0 Å². The second kappa shape index (κ2) is 20.5. The summed E-state index contributed by atoms with van der Waals surface area (Å²) >= 11 is 5.97. The maximum absolute atomic E-state index is 5.97. The van der Waals surface area contributed by atoms with E-state index in [1.54, 1.807) is 4.90 Å². The second-order valence-corrected chi connectivity index (χ2v) is 9.65. The van der Waals surface area contributed by atoms with Crippen molar-refractivity contribution in [3.63, 3.8) is 0 Å². The summed E-state index contributed by atoms with van der Waals surface area (Å²) in [5, 5.41) is 0. The monoisotopic (exact) mass is 453 g/mol. The fourth-order valence-corrected chi connectivity index (χ4v) is 4.02. The lowest BCUT2D eigenvalue weighted by atomic mass is 9.96. The van der Waals surface area contributed by atoms with Crippen molar-refractivity contribution in [1.82, 2.24) is 0 Å². The Morgan fingerprint density at radius 2 is 1.00 bits per heavy atom. The number of nitrogens with one attached hydrogen (secondary N) is 1. The van der Waals surface area contributed by atoms with Crippen LogP contribution in [0.5, 0.6) is 0 Å². The quantitative estimate of drug-likeness (QED) is 0.238. The molecule has 1 atom stereocenters. The van der Waals surface area contributed by atoms with Crippen molar-refractivity contribution in [2.24, 2.45) is 5.41 Å². The highest BCUT2D eigenvalue weighted by molar-refractivity contribution is 6.17. The van der Waals surface area contributed by atoms with Crippen LogP contribution in [0.2, 0.25) is 0 Å². The first-order chi connectivity index (χ1) is 12.0. The van der Waals surface area contributed by atoms with Crippen molar-refractivity contribution >= 4 is 11.6 Å². The largest absolute Gasteiger partial charge is 1.00 e. The van der Waals surface area contributed by atoms with Gasteiger partial charge in [0.15, 0.2) is 0 Å². The standard InChI is InChI=1S/C23H48ClN.BrH/c1-5-6-7-8-9-10-11-12-13-14-15-16-17-18-20-25(21-19-24)22-23(2,3)4;/h5-22H2,1-4H3;1H. The summed E-state index contributed by atoms with van der Waals surface area (Å²) < 4.78 is 0. The maximum atomic E-state index is 5.97. The molecule has 0 aliphatic carbocycles. The smallest absolute Gasteiger partial charge is 0.0908 e. The van der Waals surface area contributed by atoms with Gasteiger partial charge in [0.25, 0.3) is 0 Å². The van der Waals surface area contributed by atoms with E-state index in [1.807, 2.05) is 0 Å². The Morgan fingerprint density at radius 1 is 0.615 bits per heavy atom. The molecule has 1 N–H and O–H groups in total. The highest BCUT2D eigenvalue weighted by Crippen LogP contribution is 2.13. The third-order valence-electron chi connectivity index (χ3n) is 5.11. The molecule has 1 unspecified atom stereocenters. The number of alkyl halides is 1. The molecule has 0 spiro atoms. The lowest BCUT2D eigenvalue weighted by Crippen LogP contribution is -3.13. The van der Waals surface area contributed by atoms with Crippen LogP contribution in [-0.2, 0) is 0 Å². The number of rotatable bonds is 18. The Morgan fingerprint density at radius 3 is 1.35 bits per heavy atom. The molecule has 0 heterocycles. The van der Waals surface area contributed by atoms with Crippen molar-refractivity contribution < 1.29 is 21.9 Å². The Balaban J connectivity index is 0. The summed E-state index contributed by atoms with van der Waals surface area (Å²) in [5.74, 6) is 0.796. The van der Waals surface area contributed by atoms with Gasteiger partial charge in [-0.05, 0) is 12.8 Å². The Bertz CT molecular complexity index is 265. The molecule has 0 aromatic heterocycles. The first-order valence-electron chi connectivity index (χ1n) is 11.4. The van der Waals surface area contributed by atoms with E-state index in [2.05, 4.69) is 27.7 Å². The molecule has 0 rings (SSSR count). The van der Waals surface area contributed by atoms with Crippen molar-refractivity contribution in [2.75, 3.05) is 25.5 Å². The van der Waals surface area contributed by atoms with Crippen LogP contribution in [0.25, 0.3) is 0 Å². The minimum absolute atomic E-state index is 0. The van der Waals surface area contributed by atoms with Crippen LogP contribution >= 0.6 is 11.6 Å². The molecule has 3 heteroatoms. The summed E-state index contributed by atoms with van der Waals surface area (Å²) in [5.41, 5.74) is 0.414. The predicted octanol–water partition coefficient (Wildman–Crippen LogP) is 3.64. The van der Waals surface area contributed by atoms with E-state index in [-0.39, 0.29) is 17.0 Å². The molecule has 1 nitrogen and oxygen atoms in total. The molecule has 0 aromatic rings. The molecule has 0 aliphatic heterocycles. The minimum atomic E-state index is 0. The second-order valence-electron chi connectivity index (χ2n) is 9.27. The fourth-order valence-electron chi connectivity index (χ4n) is 3.75. The van der Waals surface area contributed by atoms with Gasteiger partial charge in [0.05, 0.1) is 25.5 Å². The minimum Gasteiger partial charge on any atom is -1.00 e. The number of hydrogen-bond donors (Lipinski definition) is 1. The molecule has 26 heavy (non-hydrogen) atoms. The van der Waals surface area contributed by atoms with Crippen LogP contribution in [-0.4, -0.2) is 25.5 Å². The highest BCUT2D eigenvalue weighted by Gasteiger charge is 2.18. The van der Waals surface area contributed by atoms with E-state index in [0.717, 1.165) is 12.4 Å². The van der Waals surface area contributed by atoms with Gasteiger partial charge < -0.3 is 21.9 Å². The van der Waals surface area contributed by atoms with E-state index in [4.69, 9.17) is 11.6 Å². The highest BCUT2D eigenvalue weighted by atomic mass is 79.9. The van der Waals surface area contributed by atoms with Crippen LogP contribution in [0.3, 0.4) is 0 Å². The molecule has 0 aromatic carbocycles. The summed E-state index contributed by atoms with van der Waals surface area (Å²) in [6.45, 7) is 13.0. The lowest BCUT2D eigenvalue weighted by molar-refractivity contribution is -0.904. The zero-order valence-corrected chi connectivity index (χ0v) is 20.8.